The third-order valence-electron chi connectivity index (χ3n) is 6.00. The molecule has 2 saturated heterocycles. The molecule has 2 heterocycles. The van der Waals surface area contributed by atoms with Gasteiger partial charge in [0.15, 0.2) is 0 Å². The summed E-state index contributed by atoms with van der Waals surface area (Å²) >= 11 is 1.73. The van der Waals surface area contributed by atoms with E-state index in [1.165, 1.54) is 10.5 Å². The first-order valence-corrected chi connectivity index (χ1v) is 12.8. The highest BCUT2D eigenvalue weighted by atomic mass is 32.2. The molecule has 6 heteroatoms. The molecule has 0 bridgehead atoms. The van der Waals surface area contributed by atoms with Gasteiger partial charge in [0.1, 0.15) is 0 Å². The van der Waals surface area contributed by atoms with Gasteiger partial charge in [-0.15, -0.1) is 11.8 Å². The van der Waals surface area contributed by atoms with Crippen molar-refractivity contribution in [3.63, 3.8) is 0 Å². The van der Waals surface area contributed by atoms with Crippen molar-refractivity contribution in [3.05, 3.63) is 47.4 Å². The second-order valence-corrected chi connectivity index (χ2v) is 9.49. The van der Waals surface area contributed by atoms with Crippen LogP contribution in [0.25, 0.3) is 0 Å². The van der Waals surface area contributed by atoms with Gasteiger partial charge >= 0.3 is 0 Å². The van der Waals surface area contributed by atoms with Crippen molar-refractivity contribution < 1.29 is 11.0 Å². The molecule has 0 spiro atoms. The number of amides is 1. The van der Waals surface area contributed by atoms with Crippen LogP contribution in [0.5, 0.6) is 0 Å². The van der Waals surface area contributed by atoms with E-state index in [0.29, 0.717) is 12.6 Å². The van der Waals surface area contributed by atoms with Crippen LogP contribution in [0.2, 0.25) is 0 Å². The van der Waals surface area contributed by atoms with Gasteiger partial charge in [-0.25, -0.2) is 0 Å². The number of nitrogens with zero attached hydrogens (tertiary/aromatic N) is 2. The SMILES string of the molecule is C=C(CC)SC.CN(CNC(=O)[C@@H]1CCCN1CC1CCOCC1)Cc1ccccc1.[HH]. The molecule has 0 saturated carbocycles. The molecule has 31 heavy (non-hydrogen) atoms. The maximum Gasteiger partial charge on any atom is 0.238 e. The minimum absolute atomic E-state index is 0. The zero-order valence-electron chi connectivity index (χ0n) is 19.6. The lowest BCUT2D eigenvalue weighted by Crippen LogP contribution is -2.47. The standard InChI is InChI=1S/C20H31N3O2.C5H10S.H2/c1-22(14-17-6-3-2-4-7-17)16-21-20(24)19-8-5-11-23(19)15-18-9-12-25-13-10-18;1-4-5(2)6-3;/h2-4,6-7,18-19H,5,8-16H2,1H3,(H,21,24);2,4H2,1,3H3;1H/t19-;;/m0../s1. The fourth-order valence-electron chi connectivity index (χ4n) is 4.03. The lowest BCUT2D eigenvalue weighted by atomic mass is 9.99. The lowest BCUT2D eigenvalue weighted by molar-refractivity contribution is -0.126. The lowest BCUT2D eigenvalue weighted by Gasteiger charge is -2.30. The Labute approximate surface area is 195 Å². The van der Waals surface area contributed by atoms with E-state index in [2.05, 4.69) is 52.9 Å². The molecule has 1 N–H and O–H groups in total. The van der Waals surface area contributed by atoms with Gasteiger partial charge in [0.2, 0.25) is 5.91 Å². The summed E-state index contributed by atoms with van der Waals surface area (Å²) in [6.45, 7) is 11.1. The van der Waals surface area contributed by atoms with E-state index in [0.717, 1.165) is 65.0 Å². The Balaban J connectivity index is 0.000000648. The highest BCUT2D eigenvalue weighted by Gasteiger charge is 2.32. The number of likely N-dealkylation sites (tertiary alicyclic amines) is 1. The minimum atomic E-state index is 0. The van der Waals surface area contributed by atoms with Crippen molar-refractivity contribution in [1.29, 1.82) is 0 Å². The third kappa shape index (κ3) is 9.77. The smallest absolute Gasteiger partial charge is 0.238 e. The number of hydrogen-bond acceptors (Lipinski definition) is 5. The monoisotopic (exact) mass is 449 g/mol. The molecule has 1 atom stereocenters. The van der Waals surface area contributed by atoms with Crippen LogP contribution in [0.15, 0.2) is 41.8 Å². The molecule has 1 amide bonds. The first kappa shape index (κ1) is 25.9. The van der Waals surface area contributed by atoms with Crippen LogP contribution in [0, 0.1) is 5.92 Å². The molecular weight excluding hydrogens is 406 g/mol. The molecule has 0 aromatic heterocycles. The van der Waals surface area contributed by atoms with Gasteiger partial charge in [-0.05, 0) is 68.3 Å². The van der Waals surface area contributed by atoms with Crippen molar-refractivity contribution in [2.45, 2.75) is 51.6 Å². The van der Waals surface area contributed by atoms with Gasteiger partial charge in [0.05, 0.1) is 12.7 Å². The number of carbonyl (C=O) groups is 1. The van der Waals surface area contributed by atoms with Crippen molar-refractivity contribution in [3.8, 4) is 0 Å². The van der Waals surface area contributed by atoms with Gasteiger partial charge in [0.25, 0.3) is 0 Å². The van der Waals surface area contributed by atoms with Crippen LogP contribution in [-0.4, -0.2) is 68.0 Å². The molecule has 5 nitrogen and oxygen atoms in total. The summed E-state index contributed by atoms with van der Waals surface area (Å²) in [6, 6.07) is 10.4. The number of ether oxygens (including phenoxy) is 1. The molecule has 0 radical (unpaired) electrons. The Hall–Kier alpha value is -1.34. The Morgan fingerprint density at radius 2 is 2.00 bits per heavy atom. The number of nitrogens with one attached hydrogen (secondary N) is 1. The topological polar surface area (TPSA) is 44.8 Å². The maximum atomic E-state index is 12.7. The maximum absolute atomic E-state index is 12.7. The quantitative estimate of drug-likeness (QED) is 0.558. The number of hydrogen-bond donors (Lipinski definition) is 1. The second kappa shape index (κ2) is 14.7. The third-order valence-corrected chi connectivity index (χ3v) is 6.87. The molecule has 0 unspecified atom stereocenters. The van der Waals surface area contributed by atoms with Gasteiger partial charge in [-0.1, -0.05) is 43.8 Å². The number of rotatable bonds is 9. The molecule has 2 fully saturated rings. The molecule has 3 rings (SSSR count). The van der Waals surface area contributed by atoms with Crippen LogP contribution in [0.1, 0.15) is 46.0 Å². The van der Waals surface area contributed by atoms with Gasteiger partial charge in [-0.2, -0.15) is 0 Å². The first-order chi connectivity index (χ1) is 15.0. The highest BCUT2D eigenvalue weighted by Crippen LogP contribution is 2.23. The van der Waals surface area contributed by atoms with Crippen LogP contribution in [-0.2, 0) is 16.1 Å². The Morgan fingerprint density at radius 3 is 2.61 bits per heavy atom. The Kier molecular flexibility index (Phi) is 12.3. The summed E-state index contributed by atoms with van der Waals surface area (Å²) < 4.78 is 5.45. The van der Waals surface area contributed by atoms with E-state index >= 15 is 0 Å². The first-order valence-electron chi connectivity index (χ1n) is 11.6. The number of benzene rings is 1. The molecule has 176 valence electrons. The van der Waals surface area contributed by atoms with E-state index < -0.39 is 0 Å². The van der Waals surface area contributed by atoms with Gasteiger partial charge in [0, 0.05) is 27.7 Å². The fourth-order valence-corrected chi connectivity index (χ4v) is 4.32. The van der Waals surface area contributed by atoms with Crippen LogP contribution in [0.4, 0.5) is 0 Å². The highest BCUT2D eigenvalue weighted by molar-refractivity contribution is 8.02. The van der Waals surface area contributed by atoms with E-state index in [1.807, 2.05) is 19.4 Å². The molecule has 2 aliphatic rings. The van der Waals surface area contributed by atoms with E-state index in [1.54, 1.807) is 11.8 Å². The predicted octanol–water partition coefficient (Wildman–Crippen LogP) is 4.60. The number of carbonyl (C=O) groups excluding carboxylic acids is 1. The summed E-state index contributed by atoms with van der Waals surface area (Å²) in [6.07, 6.45) is 7.51. The van der Waals surface area contributed by atoms with E-state index in [-0.39, 0.29) is 13.4 Å². The van der Waals surface area contributed by atoms with E-state index in [4.69, 9.17) is 4.74 Å². The number of allylic oxidation sites excluding steroid dienone is 1. The zero-order chi connectivity index (χ0) is 22.5. The molecule has 1 aromatic rings. The minimum Gasteiger partial charge on any atom is -0.381 e. The van der Waals surface area contributed by atoms with Crippen LogP contribution >= 0.6 is 11.8 Å². The van der Waals surface area contributed by atoms with Crippen molar-refractivity contribution >= 4 is 17.7 Å². The molecular formula is C25H43N3O2S. The average molecular weight is 450 g/mol. The van der Waals surface area contributed by atoms with E-state index in [9.17, 15) is 4.79 Å². The summed E-state index contributed by atoms with van der Waals surface area (Å²) in [5.41, 5.74) is 1.27. The summed E-state index contributed by atoms with van der Waals surface area (Å²) in [4.78, 5) is 18.4. The molecule has 1 aromatic carbocycles. The summed E-state index contributed by atoms with van der Waals surface area (Å²) in [7, 11) is 2.04. The van der Waals surface area contributed by atoms with Crippen molar-refractivity contribution in [2.75, 3.05) is 46.3 Å². The average Bonchev–Trinajstić information content (AvgIpc) is 3.27. The summed E-state index contributed by atoms with van der Waals surface area (Å²) in [5, 5.41) is 3.13. The number of thioether (sulfide) groups is 1. The van der Waals surface area contributed by atoms with Crippen molar-refractivity contribution in [1.82, 2.24) is 15.1 Å². The Bertz CT molecular complexity index is 650. The van der Waals surface area contributed by atoms with Gasteiger partial charge < -0.3 is 10.1 Å². The summed E-state index contributed by atoms with van der Waals surface area (Å²) in [5.74, 6) is 0.868. The predicted molar refractivity (Wildman–Crippen MR) is 134 cm³/mol. The van der Waals surface area contributed by atoms with Crippen molar-refractivity contribution in [2.24, 2.45) is 5.92 Å². The zero-order valence-corrected chi connectivity index (χ0v) is 20.5. The molecule has 0 aliphatic carbocycles. The normalized spacial score (nSPS) is 19.7. The molecule has 2 aliphatic heterocycles. The fraction of sp³-hybridized carbons (Fsp3) is 0.640. The Morgan fingerprint density at radius 1 is 1.29 bits per heavy atom. The second-order valence-electron chi connectivity index (χ2n) is 8.50. The van der Waals surface area contributed by atoms with Gasteiger partial charge in [-0.3, -0.25) is 14.6 Å². The van der Waals surface area contributed by atoms with Crippen LogP contribution < -0.4 is 5.32 Å². The van der Waals surface area contributed by atoms with Crippen LogP contribution in [0.3, 0.4) is 0 Å². The largest absolute Gasteiger partial charge is 0.381 e.